The summed E-state index contributed by atoms with van der Waals surface area (Å²) in [4.78, 5) is 0. The number of aryl methyl sites for hydroxylation is 1. The van der Waals surface area contributed by atoms with Crippen molar-refractivity contribution in [2.75, 3.05) is 0 Å². The molecule has 0 radical (unpaired) electrons. The topological polar surface area (TPSA) is 38.0 Å². The van der Waals surface area contributed by atoms with Crippen molar-refractivity contribution in [3.8, 4) is 0 Å². The quantitative estimate of drug-likeness (QED) is 0.784. The fourth-order valence-corrected chi connectivity index (χ4v) is 1.01. The first-order chi connectivity index (χ1) is 5.47. The van der Waals surface area contributed by atoms with Gasteiger partial charge in [0.25, 0.3) is 0 Å². The highest BCUT2D eigenvalue weighted by Gasteiger charge is 2.12. The maximum absolute atomic E-state index is 9.41. The first-order valence-electron chi connectivity index (χ1n) is 3.88. The average Bonchev–Trinajstić information content (AvgIpc) is 2.30. The monoisotopic (exact) mass is 188 g/mol. The Morgan fingerprint density at radius 2 is 2.33 bits per heavy atom. The summed E-state index contributed by atoms with van der Waals surface area (Å²) in [5.74, 6) is 0. The van der Waals surface area contributed by atoms with Crippen LogP contribution in [0.1, 0.15) is 20.3 Å². The Labute approximate surface area is 77.0 Å². The minimum atomic E-state index is -0.640. The second-order valence-electron chi connectivity index (χ2n) is 3.48. The molecule has 0 aromatic carbocycles. The predicted molar refractivity (Wildman–Crippen MR) is 48.2 cm³/mol. The molecule has 1 aromatic rings. The van der Waals surface area contributed by atoms with Crippen molar-refractivity contribution in [2.45, 2.75) is 32.4 Å². The smallest absolute Gasteiger partial charge is 0.0785 e. The SMILES string of the molecule is CC(C)(O)CCn1cc(Cl)cn1. The molecule has 0 spiro atoms. The average molecular weight is 189 g/mol. The van der Waals surface area contributed by atoms with Crippen LogP contribution in [-0.2, 0) is 6.54 Å². The van der Waals surface area contributed by atoms with Crippen LogP contribution in [0.2, 0.25) is 5.02 Å². The molecule has 12 heavy (non-hydrogen) atoms. The molecule has 3 nitrogen and oxygen atoms in total. The van der Waals surface area contributed by atoms with Crippen LogP contribution >= 0.6 is 11.6 Å². The van der Waals surface area contributed by atoms with Crippen molar-refractivity contribution >= 4 is 11.6 Å². The Morgan fingerprint density at radius 1 is 1.67 bits per heavy atom. The third-order valence-corrected chi connectivity index (χ3v) is 1.75. The van der Waals surface area contributed by atoms with Crippen molar-refractivity contribution in [1.29, 1.82) is 0 Å². The molecule has 68 valence electrons. The van der Waals surface area contributed by atoms with Crippen LogP contribution in [0, 0.1) is 0 Å². The first-order valence-corrected chi connectivity index (χ1v) is 4.25. The van der Waals surface area contributed by atoms with E-state index < -0.39 is 5.60 Å². The van der Waals surface area contributed by atoms with E-state index in [-0.39, 0.29) is 0 Å². The Morgan fingerprint density at radius 3 is 2.75 bits per heavy atom. The highest BCUT2D eigenvalue weighted by atomic mass is 35.5. The minimum absolute atomic E-state index is 0.630. The van der Waals surface area contributed by atoms with Crippen LogP contribution in [0.4, 0.5) is 0 Å². The summed E-state index contributed by atoms with van der Waals surface area (Å²) >= 11 is 5.66. The van der Waals surface area contributed by atoms with Crippen molar-refractivity contribution in [1.82, 2.24) is 9.78 Å². The largest absolute Gasteiger partial charge is 0.390 e. The van der Waals surface area contributed by atoms with Gasteiger partial charge in [0.2, 0.25) is 0 Å². The molecule has 0 bridgehead atoms. The molecule has 0 atom stereocenters. The van der Waals surface area contributed by atoms with Gasteiger partial charge in [0.15, 0.2) is 0 Å². The number of hydrogen-bond acceptors (Lipinski definition) is 2. The summed E-state index contributed by atoms with van der Waals surface area (Å²) in [7, 11) is 0. The summed E-state index contributed by atoms with van der Waals surface area (Å²) in [6.07, 6.45) is 4.00. The fraction of sp³-hybridized carbons (Fsp3) is 0.625. The number of hydrogen-bond donors (Lipinski definition) is 1. The van der Waals surface area contributed by atoms with E-state index in [2.05, 4.69) is 5.10 Å². The number of nitrogens with zero attached hydrogens (tertiary/aromatic N) is 2. The van der Waals surface area contributed by atoms with Gasteiger partial charge in [-0.15, -0.1) is 0 Å². The van der Waals surface area contributed by atoms with E-state index in [4.69, 9.17) is 11.6 Å². The lowest BCUT2D eigenvalue weighted by molar-refractivity contribution is 0.0651. The van der Waals surface area contributed by atoms with Gasteiger partial charge in [-0.2, -0.15) is 5.10 Å². The molecule has 0 amide bonds. The minimum Gasteiger partial charge on any atom is -0.390 e. The maximum atomic E-state index is 9.41. The molecule has 0 fully saturated rings. The Bertz CT molecular complexity index is 252. The van der Waals surface area contributed by atoms with E-state index in [0.717, 1.165) is 0 Å². The lowest BCUT2D eigenvalue weighted by Gasteiger charge is -2.16. The van der Waals surface area contributed by atoms with Gasteiger partial charge in [0.1, 0.15) is 0 Å². The van der Waals surface area contributed by atoms with Crippen LogP contribution in [0.3, 0.4) is 0 Å². The van der Waals surface area contributed by atoms with Crippen molar-refractivity contribution in [3.05, 3.63) is 17.4 Å². The van der Waals surface area contributed by atoms with E-state index in [1.807, 2.05) is 0 Å². The van der Waals surface area contributed by atoms with Gasteiger partial charge in [-0.1, -0.05) is 11.6 Å². The number of aromatic nitrogens is 2. The molecule has 0 aliphatic heterocycles. The molecule has 1 N–H and O–H groups in total. The molecule has 0 aliphatic rings. The highest BCUT2D eigenvalue weighted by Crippen LogP contribution is 2.10. The normalized spacial score (nSPS) is 12.0. The third kappa shape index (κ3) is 3.24. The molecule has 0 saturated carbocycles. The summed E-state index contributed by atoms with van der Waals surface area (Å²) in [6, 6.07) is 0. The third-order valence-electron chi connectivity index (χ3n) is 1.55. The van der Waals surface area contributed by atoms with Gasteiger partial charge < -0.3 is 5.11 Å². The van der Waals surface area contributed by atoms with Crippen LogP contribution in [0.5, 0.6) is 0 Å². The van der Waals surface area contributed by atoms with E-state index in [9.17, 15) is 5.11 Å². The predicted octanol–water partition coefficient (Wildman–Crippen LogP) is 1.70. The lowest BCUT2D eigenvalue weighted by Crippen LogP contribution is -2.21. The Balaban J connectivity index is 2.44. The molecule has 1 rings (SSSR count). The zero-order valence-electron chi connectivity index (χ0n) is 7.29. The highest BCUT2D eigenvalue weighted by molar-refractivity contribution is 6.30. The summed E-state index contributed by atoms with van der Waals surface area (Å²) in [5.41, 5.74) is -0.640. The zero-order chi connectivity index (χ0) is 9.19. The molecule has 0 unspecified atom stereocenters. The van der Waals surface area contributed by atoms with E-state index in [0.29, 0.717) is 18.0 Å². The lowest BCUT2D eigenvalue weighted by atomic mass is 10.1. The van der Waals surface area contributed by atoms with Gasteiger partial charge in [-0.3, -0.25) is 4.68 Å². The molecule has 0 aliphatic carbocycles. The van der Waals surface area contributed by atoms with Crippen molar-refractivity contribution in [3.63, 3.8) is 0 Å². The molecular weight excluding hydrogens is 176 g/mol. The zero-order valence-corrected chi connectivity index (χ0v) is 8.04. The first kappa shape index (κ1) is 9.55. The fourth-order valence-electron chi connectivity index (χ4n) is 0.849. The van der Waals surface area contributed by atoms with Crippen LogP contribution in [0.25, 0.3) is 0 Å². The van der Waals surface area contributed by atoms with Crippen LogP contribution in [0.15, 0.2) is 12.4 Å². The van der Waals surface area contributed by atoms with Crippen molar-refractivity contribution in [2.24, 2.45) is 0 Å². The van der Waals surface area contributed by atoms with Gasteiger partial charge in [-0.25, -0.2) is 0 Å². The molecule has 0 saturated heterocycles. The van der Waals surface area contributed by atoms with E-state index in [1.54, 1.807) is 30.9 Å². The molecular formula is C8H13ClN2O. The summed E-state index contributed by atoms with van der Waals surface area (Å²) < 4.78 is 1.72. The number of aliphatic hydroxyl groups is 1. The summed E-state index contributed by atoms with van der Waals surface area (Å²) in [6.45, 7) is 4.24. The summed E-state index contributed by atoms with van der Waals surface area (Å²) in [5, 5.41) is 14.0. The number of halogens is 1. The Kier molecular flexibility index (Phi) is 2.75. The van der Waals surface area contributed by atoms with Crippen LogP contribution in [-0.4, -0.2) is 20.5 Å². The standard InChI is InChI=1S/C8H13ClN2O/c1-8(2,12)3-4-11-6-7(9)5-10-11/h5-6,12H,3-4H2,1-2H3. The second kappa shape index (κ2) is 3.46. The maximum Gasteiger partial charge on any atom is 0.0785 e. The van der Waals surface area contributed by atoms with Gasteiger partial charge >= 0.3 is 0 Å². The molecule has 4 heteroatoms. The van der Waals surface area contributed by atoms with E-state index >= 15 is 0 Å². The van der Waals surface area contributed by atoms with Gasteiger partial charge in [0.05, 0.1) is 16.8 Å². The van der Waals surface area contributed by atoms with Gasteiger partial charge in [-0.05, 0) is 20.3 Å². The van der Waals surface area contributed by atoms with Gasteiger partial charge in [0, 0.05) is 12.7 Å². The Hall–Kier alpha value is -0.540. The van der Waals surface area contributed by atoms with E-state index in [1.165, 1.54) is 0 Å². The van der Waals surface area contributed by atoms with Crippen LogP contribution < -0.4 is 0 Å². The number of rotatable bonds is 3. The molecule has 1 aromatic heterocycles. The second-order valence-corrected chi connectivity index (χ2v) is 3.92. The van der Waals surface area contributed by atoms with Crippen molar-refractivity contribution < 1.29 is 5.11 Å². The molecule has 1 heterocycles.